The van der Waals surface area contributed by atoms with E-state index in [2.05, 4.69) is 56.0 Å². The third-order valence-electron chi connectivity index (χ3n) is 6.38. The molecule has 2 saturated heterocycles. The number of piperidine rings is 1. The van der Waals surface area contributed by atoms with E-state index in [9.17, 15) is 4.79 Å². The van der Waals surface area contributed by atoms with Crippen molar-refractivity contribution in [3.63, 3.8) is 0 Å². The van der Waals surface area contributed by atoms with E-state index < -0.39 is 5.97 Å². The molecule has 4 unspecified atom stereocenters. The smallest absolute Gasteiger partial charge is 0.303 e. The number of benzene rings is 1. The normalized spacial score (nSPS) is 23.7. The maximum atomic E-state index is 10.3. The van der Waals surface area contributed by atoms with Gasteiger partial charge in [-0.05, 0) is 50.0 Å². The molecule has 2 aliphatic heterocycles. The fraction of sp³-hybridized carbons (Fsp3) is 0.696. The van der Waals surface area contributed by atoms with Gasteiger partial charge in [0.1, 0.15) is 0 Å². The van der Waals surface area contributed by atoms with E-state index in [4.69, 9.17) is 5.11 Å². The largest absolute Gasteiger partial charge is 0.481 e. The molecule has 0 saturated carbocycles. The van der Waals surface area contributed by atoms with E-state index in [1.54, 1.807) is 0 Å². The molecule has 1 aromatic rings. The van der Waals surface area contributed by atoms with Crippen molar-refractivity contribution in [1.29, 1.82) is 0 Å². The fourth-order valence-corrected chi connectivity index (χ4v) is 4.77. The molecule has 154 valence electrons. The van der Waals surface area contributed by atoms with E-state index in [1.165, 1.54) is 37.7 Å². The average molecular weight is 440 g/mol. The first kappa shape index (κ1) is 24.2. The van der Waals surface area contributed by atoms with Gasteiger partial charge in [-0.3, -0.25) is 9.69 Å². The Morgan fingerprint density at radius 3 is 2.04 bits per heavy atom. The summed E-state index contributed by atoms with van der Waals surface area (Å²) in [5.41, 5.74) is 1.49. The number of fused-ring (bicyclic) bond motifs is 2. The first-order valence-corrected chi connectivity index (χ1v) is 10.5. The molecule has 4 heteroatoms. The van der Waals surface area contributed by atoms with Gasteiger partial charge in [0.25, 0.3) is 0 Å². The highest BCUT2D eigenvalue weighted by atomic mass is 79.9. The molecular formula is C23H38BrNO2. The molecule has 3 nitrogen and oxygen atoms in total. The number of carboxylic acids is 1. The molecule has 1 N–H and O–H groups in total. The van der Waals surface area contributed by atoms with E-state index in [0.29, 0.717) is 24.3 Å². The van der Waals surface area contributed by atoms with Crippen LogP contribution in [0.5, 0.6) is 0 Å². The van der Waals surface area contributed by atoms with Crippen LogP contribution in [0.3, 0.4) is 0 Å². The summed E-state index contributed by atoms with van der Waals surface area (Å²) in [4.78, 5) is 13.1. The highest BCUT2D eigenvalue weighted by Gasteiger charge is 2.39. The van der Waals surface area contributed by atoms with E-state index in [-0.39, 0.29) is 17.0 Å². The molecule has 27 heavy (non-hydrogen) atoms. The minimum absolute atomic E-state index is 0. The molecule has 1 aromatic carbocycles. The predicted molar refractivity (Wildman–Crippen MR) is 119 cm³/mol. The summed E-state index contributed by atoms with van der Waals surface area (Å²) >= 11 is 0. The minimum Gasteiger partial charge on any atom is -0.481 e. The zero-order valence-electron chi connectivity index (χ0n) is 17.4. The van der Waals surface area contributed by atoms with Gasteiger partial charge in [-0.25, -0.2) is 0 Å². The second-order valence-electron chi connectivity index (χ2n) is 8.36. The van der Waals surface area contributed by atoms with E-state index >= 15 is 0 Å². The number of halogens is 1. The van der Waals surface area contributed by atoms with E-state index in [1.807, 2.05) is 6.92 Å². The molecule has 0 aromatic heterocycles. The van der Waals surface area contributed by atoms with Crippen molar-refractivity contribution in [2.75, 3.05) is 0 Å². The maximum Gasteiger partial charge on any atom is 0.303 e. The Kier molecular flexibility index (Phi) is 10.6. The molecule has 0 aliphatic carbocycles. The van der Waals surface area contributed by atoms with Crippen molar-refractivity contribution in [2.24, 2.45) is 11.8 Å². The van der Waals surface area contributed by atoms with Gasteiger partial charge in [0, 0.05) is 24.5 Å². The number of hydrogen-bond acceptors (Lipinski definition) is 2. The predicted octanol–water partition coefficient (Wildman–Crippen LogP) is 6.49. The third-order valence-corrected chi connectivity index (χ3v) is 6.38. The minimum atomic E-state index is -0.680. The average Bonchev–Trinajstić information content (AvgIpc) is 2.88. The Balaban J connectivity index is 0.000000292. The van der Waals surface area contributed by atoms with Crippen LogP contribution in [0.25, 0.3) is 0 Å². The van der Waals surface area contributed by atoms with Gasteiger partial charge in [-0.1, -0.05) is 63.9 Å². The Hall–Kier alpha value is -0.870. The SMILES string of the molecule is Br.CC(c1ccccc1)N1C2CCCC1CC2.CCC(CC(=O)O)C(C)C. The maximum absolute atomic E-state index is 10.3. The van der Waals surface area contributed by atoms with Gasteiger partial charge in [-0.2, -0.15) is 0 Å². The second kappa shape index (κ2) is 11.9. The van der Waals surface area contributed by atoms with Crippen LogP contribution in [-0.2, 0) is 4.79 Å². The zero-order chi connectivity index (χ0) is 19.1. The number of rotatable bonds is 6. The van der Waals surface area contributed by atoms with Crippen LogP contribution in [0.15, 0.2) is 30.3 Å². The van der Waals surface area contributed by atoms with Crippen molar-refractivity contribution >= 4 is 23.0 Å². The first-order chi connectivity index (χ1) is 12.4. The molecule has 2 fully saturated rings. The van der Waals surface area contributed by atoms with Crippen molar-refractivity contribution in [3.05, 3.63) is 35.9 Å². The van der Waals surface area contributed by atoms with Crippen molar-refractivity contribution in [1.82, 2.24) is 4.90 Å². The van der Waals surface area contributed by atoms with Crippen LogP contribution in [0.1, 0.15) is 84.2 Å². The molecule has 0 amide bonds. The van der Waals surface area contributed by atoms with Gasteiger partial charge in [0.05, 0.1) is 0 Å². The summed E-state index contributed by atoms with van der Waals surface area (Å²) in [6.45, 7) is 8.55. The Morgan fingerprint density at radius 2 is 1.63 bits per heavy atom. The summed E-state index contributed by atoms with van der Waals surface area (Å²) in [6.07, 6.45) is 8.44. The molecule has 2 aliphatic rings. The number of hydrogen-bond donors (Lipinski definition) is 1. The topological polar surface area (TPSA) is 40.5 Å². The monoisotopic (exact) mass is 439 g/mol. The highest BCUT2D eigenvalue weighted by Crippen LogP contribution is 2.41. The lowest BCUT2D eigenvalue weighted by Gasteiger charge is -2.39. The number of carbonyl (C=O) groups is 1. The Bertz CT molecular complexity index is 533. The van der Waals surface area contributed by atoms with Gasteiger partial charge in [0.2, 0.25) is 0 Å². The summed E-state index contributed by atoms with van der Waals surface area (Å²) < 4.78 is 0. The fourth-order valence-electron chi connectivity index (χ4n) is 4.77. The van der Waals surface area contributed by atoms with Crippen LogP contribution in [0, 0.1) is 11.8 Å². The molecule has 0 spiro atoms. The Labute approximate surface area is 176 Å². The lowest BCUT2D eigenvalue weighted by molar-refractivity contribution is -0.138. The van der Waals surface area contributed by atoms with Crippen LogP contribution in [-0.4, -0.2) is 28.1 Å². The van der Waals surface area contributed by atoms with Gasteiger partial charge in [0.15, 0.2) is 0 Å². The summed E-state index contributed by atoms with van der Waals surface area (Å²) in [5, 5.41) is 8.46. The Morgan fingerprint density at radius 1 is 1.07 bits per heavy atom. The van der Waals surface area contributed by atoms with Gasteiger partial charge < -0.3 is 5.11 Å². The van der Waals surface area contributed by atoms with Crippen LogP contribution < -0.4 is 0 Å². The van der Waals surface area contributed by atoms with Crippen LogP contribution in [0.4, 0.5) is 0 Å². The summed E-state index contributed by atoms with van der Waals surface area (Å²) in [5.74, 6) is 0.152. The lowest BCUT2D eigenvalue weighted by Crippen LogP contribution is -2.41. The third kappa shape index (κ3) is 6.90. The standard InChI is InChI=1S/C15H21N.C8H16O2.BrH/c1-12(13-6-3-2-4-7-13)16-14-8-5-9-15(16)11-10-14;1-4-7(6(2)3)5-8(9)10;/h2-4,6-7,12,14-15H,5,8-11H2,1H3;6-7H,4-5H2,1-3H3,(H,9,10);1H. The summed E-state index contributed by atoms with van der Waals surface area (Å²) in [6, 6.07) is 13.3. The lowest BCUT2D eigenvalue weighted by atomic mass is 9.90. The molecule has 2 bridgehead atoms. The highest BCUT2D eigenvalue weighted by molar-refractivity contribution is 8.93. The van der Waals surface area contributed by atoms with Crippen molar-refractivity contribution < 1.29 is 9.90 Å². The first-order valence-electron chi connectivity index (χ1n) is 10.5. The number of carboxylic acid groups (broad SMARTS) is 1. The van der Waals surface area contributed by atoms with E-state index in [0.717, 1.165) is 18.5 Å². The quantitative estimate of drug-likeness (QED) is 0.550. The van der Waals surface area contributed by atoms with Gasteiger partial charge in [-0.15, -0.1) is 17.0 Å². The molecule has 4 atom stereocenters. The molecule has 3 rings (SSSR count). The van der Waals surface area contributed by atoms with Crippen molar-refractivity contribution in [2.45, 2.75) is 90.8 Å². The number of aliphatic carboxylic acids is 1. The molecular weight excluding hydrogens is 402 g/mol. The number of nitrogens with zero attached hydrogens (tertiary/aromatic N) is 1. The van der Waals surface area contributed by atoms with Crippen LogP contribution >= 0.6 is 17.0 Å². The summed E-state index contributed by atoms with van der Waals surface area (Å²) in [7, 11) is 0. The molecule has 2 heterocycles. The van der Waals surface area contributed by atoms with Crippen LogP contribution in [0.2, 0.25) is 0 Å². The van der Waals surface area contributed by atoms with Crippen molar-refractivity contribution in [3.8, 4) is 0 Å². The second-order valence-corrected chi connectivity index (χ2v) is 8.36. The zero-order valence-corrected chi connectivity index (χ0v) is 19.1. The van der Waals surface area contributed by atoms with Gasteiger partial charge >= 0.3 is 5.97 Å². The molecule has 0 radical (unpaired) electrons.